The number of non-ortho nitro benzene ring substituents is 1. The molecule has 1 amide bonds. The molecule has 0 unspecified atom stereocenters. The standard InChI is InChI=1S/C28H30N6O6S/c1-5-12-31-41(38,39)25-15-22(34(36)37)10-11-24(25)40-28-20(4)26(27(35)30-17-21-7-6-13-29-16-21)32-33(28)23-14-18(2)8-9-19(23)3/h6-11,13-16,31H,5,12,17H2,1-4H3,(H,30,35). The molecule has 0 radical (unpaired) electrons. The van der Waals surface area contributed by atoms with Gasteiger partial charge in [-0.2, -0.15) is 9.78 Å². The molecule has 0 atom stereocenters. The van der Waals surface area contributed by atoms with Gasteiger partial charge in [0.15, 0.2) is 5.69 Å². The van der Waals surface area contributed by atoms with Crippen LogP contribution in [0.5, 0.6) is 11.6 Å². The molecule has 41 heavy (non-hydrogen) atoms. The predicted molar refractivity (Wildman–Crippen MR) is 152 cm³/mol. The number of aromatic nitrogens is 3. The Labute approximate surface area is 237 Å². The van der Waals surface area contributed by atoms with E-state index < -0.39 is 31.4 Å². The van der Waals surface area contributed by atoms with E-state index in [1.807, 2.05) is 38.1 Å². The summed E-state index contributed by atoms with van der Waals surface area (Å²) >= 11 is 0. The van der Waals surface area contributed by atoms with Gasteiger partial charge in [0.05, 0.1) is 10.6 Å². The van der Waals surface area contributed by atoms with E-state index in [-0.39, 0.29) is 30.4 Å². The largest absolute Gasteiger partial charge is 0.437 e. The molecule has 2 aromatic carbocycles. The van der Waals surface area contributed by atoms with Crippen molar-refractivity contribution in [1.82, 2.24) is 24.8 Å². The molecule has 2 heterocycles. The lowest BCUT2D eigenvalue weighted by Crippen LogP contribution is -2.25. The fourth-order valence-corrected chi connectivity index (χ4v) is 5.30. The molecule has 2 aromatic heterocycles. The number of ether oxygens (including phenoxy) is 1. The number of hydrogen-bond donors (Lipinski definition) is 2. The van der Waals surface area contributed by atoms with Crippen molar-refractivity contribution in [2.75, 3.05) is 6.54 Å². The second kappa shape index (κ2) is 12.3. The topological polar surface area (TPSA) is 158 Å². The first kappa shape index (κ1) is 29.4. The zero-order valence-electron chi connectivity index (χ0n) is 23.0. The number of nitro groups is 1. The number of amides is 1. The van der Waals surface area contributed by atoms with E-state index in [1.165, 1.54) is 10.7 Å². The lowest BCUT2D eigenvalue weighted by atomic mass is 10.1. The summed E-state index contributed by atoms with van der Waals surface area (Å²) in [7, 11) is -4.18. The molecule has 0 spiro atoms. The van der Waals surface area contributed by atoms with Gasteiger partial charge >= 0.3 is 0 Å². The summed E-state index contributed by atoms with van der Waals surface area (Å²) in [5.41, 5.74) is 3.16. The molecule has 4 rings (SSSR count). The Hall–Kier alpha value is -4.62. The van der Waals surface area contributed by atoms with Crippen molar-refractivity contribution in [3.05, 3.63) is 99.0 Å². The fraction of sp³-hybridized carbons (Fsp3) is 0.250. The molecular weight excluding hydrogens is 548 g/mol. The van der Waals surface area contributed by atoms with Crippen LogP contribution < -0.4 is 14.8 Å². The molecule has 0 aliphatic heterocycles. The SMILES string of the molecule is CCCNS(=O)(=O)c1cc([N+](=O)[O-])ccc1Oc1c(C)c(C(=O)NCc2cccnc2)nn1-c1cc(C)ccc1C. The first-order valence-electron chi connectivity index (χ1n) is 12.8. The number of carbonyl (C=O) groups excluding carboxylic acids is 1. The van der Waals surface area contributed by atoms with Crippen molar-refractivity contribution in [1.29, 1.82) is 0 Å². The van der Waals surface area contributed by atoms with Gasteiger partial charge in [0.25, 0.3) is 11.6 Å². The lowest BCUT2D eigenvalue weighted by Gasteiger charge is -2.15. The molecular formula is C28H30N6O6S. The maximum absolute atomic E-state index is 13.3. The predicted octanol–water partition coefficient (Wildman–Crippen LogP) is 4.51. The average Bonchev–Trinajstić information content (AvgIpc) is 3.27. The summed E-state index contributed by atoms with van der Waals surface area (Å²) < 4.78 is 36.3. The average molecular weight is 579 g/mol. The van der Waals surface area contributed by atoms with Crippen molar-refractivity contribution in [2.45, 2.75) is 45.6 Å². The summed E-state index contributed by atoms with van der Waals surface area (Å²) in [6.45, 7) is 7.55. The number of benzene rings is 2. The third-order valence-electron chi connectivity index (χ3n) is 6.23. The molecule has 214 valence electrons. The molecule has 0 saturated heterocycles. The van der Waals surface area contributed by atoms with Gasteiger partial charge in [0, 0.05) is 43.2 Å². The summed E-state index contributed by atoms with van der Waals surface area (Å²) in [6, 6.07) is 12.6. The highest BCUT2D eigenvalue weighted by atomic mass is 32.2. The van der Waals surface area contributed by atoms with Crippen molar-refractivity contribution < 1.29 is 22.9 Å². The summed E-state index contributed by atoms with van der Waals surface area (Å²) in [6.07, 6.45) is 3.79. The first-order chi connectivity index (χ1) is 19.5. The Morgan fingerprint density at radius 2 is 1.90 bits per heavy atom. The van der Waals surface area contributed by atoms with Gasteiger partial charge in [-0.05, 0) is 62.1 Å². The number of aryl methyl sites for hydroxylation is 2. The highest BCUT2D eigenvalue weighted by molar-refractivity contribution is 7.89. The smallest absolute Gasteiger partial charge is 0.272 e. The van der Waals surface area contributed by atoms with Gasteiger partial charge in [0.2, 0.25) is 15.9 Å². The number of pyridine rings is 1. The minimum Gasteiger partial charge on any atom is -0.437 e. The Balaban J connectivity index is 1.83. The number of rotatable bonds is 11. The summed E-state index contributed by atoms with van der Waals surface area (Å²) in [5.74, 6) is -0.538. The zero-order valence-corrected chi connectivity index (χ0v) is 23.9. The quantitative estimate of drug-likeness (QED) is 0.194. The second-order valence-electron chi connectivity index (χ2n) is 9.41. The Bertz CT molecular complexity index is 1700. The van der Waals surface area contributed by atoms with Crippen LogP contribution in [0.4, 0.5) is 5.69 Å². The van der Waals surface area contributed by atoms with Crippen LogP contribution in [0, 0.1) is 30.9 Å². The van der Waals surface area contributed by atoms with E-state index in [0.717, 1.165) is 28.8 Å². The molecule has 0 fully saturated rings. The number of nitro benzene ring substituents is 1. The van der Waals surface area contributed by atoms with Gasteiger partial charge in [-0.25, -0.2) is 13.1 Å². The first-order valence-corrected chi connectivity index (χ1v) is 14.3. The van der Waals surface area contributed by atoms with Gasteiger partial charge in [-0.3, -0.25) is 19.9 Å². The van der Waals surface area contributed by atoms with Crippen LogP contribution in [0.1, 0.15) is 46.1 Å². The molecule has 13 heteroatoms. The van der Waals surface area contributed by atoms with E-state index in [1.54, 1.807) is 32.3 Å². The zero-order chi connectivity index (χ0) is 29.7. The van der Waals surface area contributed by atoms with E-state index in [2.05, 4.69) is 20.1 Å². The second-order valence-corrected chi connectivity index (χ2v) is 11.1. The van der Waals surface area contributed by atoms with Crippen LogP contribution in [0.25, 0.3) is 5.69 Å². The van der Waals surface area contributed by atoms with Gasteiger partial charge in [-0.1, -0.05) is 25.1 Å². The van der Waals surface area contributed by atoms with Crippen LogP contribution in [0.15, 0.2) is 65.8 Å². The van der Waals surface area contributed by atoms with Crippen molar-refractivity contribution >= 4 is 21.6 Å². The van der Waals surface area contributed by atoms with Crippen molar-refractivity contribution in [2.24, 2.45) is 0 Å². The highest BCUT2D eigenvalue weighted by Gasteiger charge is 2.28. The number of nitrogens with zero attached hydrogens (tertiary/aromatic N) is 4. The number of hydrogen-bond acceptors (Lipinski definition) is 8. The van der Waals surface area contributed by atoms with Crippen LogP contribution in [-0.2, 0) is 16.6 Å². The highest BCUT2D eigenvalue weighted by Crippen LogP contribution is 2.36. The molecule has 2 N–H and O–H groups in total. The maximum Gasteiger partial charge on any atom is 0.272 e. The van der Waals surface area contributed by atoms with Gasteiger partial charge < -0.3 is 10.1 Å². The molecule has 4 aromatic rings. The van der Waals surface area contributed by atoms with Crippen molar-refractivity contribution in [3.63, 3.8) is 0 Å². The lowest BCUT2D eigenvalue weighted by molar-refractivity contribution is -0.385. The van der Waals surface area contributed by atoms with Crippen LogP contribution in [0.2, 0.25) is 0 Å². The van der Waals surface area contributed by atoms with Gasteiger partial charge in [0.1, 0.15) is 10.6 Å². The van der Waals surface area contributed by atoms with Gasteiger partial charge in [-0.15, -0.1) is 0 Å². The molecule has 0 aliphatic rings. The molecule has 0 aliphatic carbocycles. The Kier molecular flexibility index (Phi) is 8.79. The number of carbonyl (C=O) groups is 1. The van der Waals surface area contributed by atoms with E-state index >= 15 is 0 Å². The third kappa shape index (κ3) is 6.58. The minimum absolute atomic E-state index is 0.0697. The fourth-order valence-electron chi connectivity index (χ4n) is 4.02. The van der Waals surface area contributed by atoms with Crippen LogP contribution in [-0.4, -0.2) is 40.6 Å². The normalized spacial score (nSPS) is 11.3. The van der Waals surface area contributed by atoms with Crippen LogP contribution >= 0.6 is 0 Å². The molecule has 0 saturated carbocycles. The third-order valence-corrected chi connectivity index (χ3v) is 7.71. The number of nitrogens with one attached hydrogen (secondary N) is 2. The Morgan fingerprint density at radius 3 is 2.59 bits per heavy atom. The van der Waals surface area contributed by atoms with E-state index in [0.29, 0.717) is 17.7 Å². The minimum atomic E-state index is -4.18. The van der Waals surface area contributed by atoms with E-state index in [9.17, 15) is 23.3 Å². The summed E-state index contributed by atoms with van der Waals surface area (Å²) in [5, 5.41) is 18.8. The van der Waals surface area contributed by atoms with Crippen LogP contribution in [0.3, 0.4) is 0 Å². The maximum atomic E-state index is 13.3. The molecule has 12 nitrogen and oxygen atoms in total. The summed E-state index contributed by atoms with van der Waals surface area (Å²) in [4.78, 5) is 27.7. The number of sulfonamides is 1. The van der Waals surface area contributed by atoms with E-state index in [4.69, 9.17) is 4.74 Å². The molecule has 0 bridgehead atoms. The Morgan fingerprint density at radius 1 is 1.12 bits per heavy atom. The van der Waals surface area contributed by atoms with Crippen molar-refractivity contribution in [3.8, 4) is 17.3 Å². The monoisotopic (exact) mass is 578 g/mol.